The van der Waals surface area contributed by atoms with Crippen LogP contribution in [0.3, 0.4) is 0 Å². The SMILES string of the molecule is COc1cc(P(C)(C)=O)ccc1NCC#Cc1sc2c(NC3CCN(C)CC3)nccc2c1CC(F)(F)F. The molecule has 38 heavy (non-hydrogen) atoms. The average molecular weight is 565 g/mol. The molecule has 0 saturated carbocycles. The van der Waals surface area contributed by atoms with Crippen LogP contribution in [0.2, 0.25) is 0 Å². The monoisotopic (exact) mass is 564 g/mol. The van der Waals surface area contributed by atoms with Crippen molar-refractivity contribution in [2.24, 2.45) is 0 Å². The van der Waals surface area contributed by atoms with Crippen molar-refractivity contribution in [1.82, 2.24) is 9.88 Å². The number of hydrogen-bond donors (Lipinski definition) is 2. The Bertz CT molecular complexity index is 1400. The Balaban J connectivity index is 1.59. The van der Waals surface area contributed by atoms with Gasteiger partial charge in [-0.2, -0.15) is 13.2 Å². The molecule has 3 heterocycles. The molecule has 1 aromatic carbocycles. The van der Waals surface area contributed by atoms with Gasteiger partial charge in [0.2, 0.25) is 0 Å². The van der Waals surface area contributed by atoms with Crippen LogP contribution in [0, 0.1) is 11.8 Å². The predicted molar refractivity (Wildman–Crippen MR) is 151 cm³/mol. The van der Waals surface area contributed by atoms with E-state index in [9.17, 15) is 17.7 Å². The van der Waals surface area contributed by atoms with E-state index in [4.69, 9.17) is 4.74 Å². The van der Waals surface area contributed by atoms with Gasteiger partial charge in [0.1, 0.15) is 18.7 Å². The number of likely N-dealkylation sites (tertiary alicyclic amines) is 1. The first-order valence-electron chi connectivity index (χ1n) is 12.3. The highest BCUT2D eigenvalue weighted by Gasteiger charge is 2.31. The van der Waals surface area contributed by atoms with Gasteiger partial charge in [-0.1, -0.05) is 11.8 Å². The Morgan fingerprint density at radius 3 is 2.63 bits per heavy atom. The number of hydrogen-bond acceptors (Lipinski definition) is 7. The van der Waals surface area contributed by atoms with Gasteiger partial charge in [-0.05, 0) is 76.1 Å². The van der Waals surface area contributed by atoms with Crippen LogP contribution in [-0.4, -0.2) is 69.2 Å². The molecule has 0 unspecified atom stereocenters. The molecule has 11 heteroatoms. The molecule has 204 valence electrons. The van der Waals surface area contributed by atoms with E-state index in [1.165, 1.54) is 18.4 Å². The van der Waals surface area contributed by atoms with Crippen LogP contribution in [0.1, 0.15) is 23.3 Å². The molecular weight excluding hydrogens is 532 g/mol. The van der Waals surface area contributed by atoms with Crippen LogP contribution < -0.4 is 20.7 Å². The van der Waals surface area contributed by atoms with Crippen LogP contribution in [0.5, 0.6) is 5.75 Å². The molecular formula is C27H32F3N4O2PS. The number of fused-ring (bicyclic) bond motifs is 1. The molecule has 0 amide bonds. The first-order chi connectivity index (χ1) is 17.9. The maximum atomic E-state index is 13.5. The minimum atomic E-state index is -4.36. The van der Waals surface area contributed by atoms with Crippen molar-refractivity contribution < 1.29 is 22.5 Å². The first kappa shape index (κ1) is 28.3. The highest BCUT2D eigenvalue weighted by Crippen LogP contribution is 2.39. The largest absolute Gasteiger partial charge is 0.495 e. The summed E-state index contributed by atoms with van der Waals surface area (Å²) in [7, 11) is 1.16. The molecule has 1 saturated heterocycles. The van der Waals surface area contributed by atoms with Crippen molar-refractivity contribution in [2.75, 3.05) is 57.8 Å². The fourth-order valence-electron chi connectivity index (χ4n) is 4.43. The van der Waals surface area contributed by atoms with Gasteiger partial charge >= 0.3 is 6.18 Å². The lowest BCUT2D eigenvalue weighted by atomic mass is 10.1. The van der Waals surface area contributed by atoms with Crippen LogP contribution in [0.15, 0.2) is 30.5 Å². The van der Waals surface area contributed by atoms with Crippen LogP contribution >= 0.6 is 18.5 Å². The van der Waals surface area contributed by atoms with Crippen molar-refractivity contribution in [3.8, 4) is 17.6 Å². The number of alkyl halides is 3. The first-order valence-corrected chi connectivity index (χ1v) is 15.7. The zero-order valence-corrected chi connectivity index (χ0v) is 23.6. The molecule has 1 fully saturated rings. The number of ether oxygens (including phenoxy) is 1. The molecule has 4 rings (SSSR count). The fourth-order valence-corrected chi connectivity index (χ4v) is 6.43. The van der Waals surface area contributed by atoms with E-state index in [-0.39, 0.29) is 18.2 Å². The number of rotatable bonds is 7. The quantitative estimate of drug-likeness (QED) is 0.287. The molecule has 1 aliphatic heterocycles. The van der Waals surface area contributed by atoms with E-state index >= 15 is 0 Å². The number of halogens is 3. The average Bonchev–Trinajstić information content (AvgIpc) is 3.19. The Labute approximate surface area is 225 Å². The molecule has 3 aromatic rings. The Morgan fingerprint density at radius 2 is 1.97 bits per heavy atom. The van der Waals surface area contributed by atoms with Gasteiger partial charge in [-0.15, -0.1) is 11.3 Å². The van der Waals surface area contributed by atoms with Gasteiger partial charge in [-0.3, -0.25) is 0 Å². The van der Waals surface area contributed by atoms with Gasteiger partial charge in [0.25, 0.3) is 0 Å². The number of nitrogens with one attached hydrogen (secondary N) is 2. The number of benzene rings is 1. The lowest BCUT2D eigenvalue weighted by Crippen LogP contribution is -2.36. The summed E-state index contributed by atoms with van der Waals surface area (Å²) >= 11 is 1.25. The number of aromatic nitrogens is 1. The fraction of sp³-hybridized carbons (Fsp3) is 0.444. The number of methoxy groups -OCH3 is 1. The number of nitrogens with zero attached hydrogens (tertiary/aromatic N) is 2. The highest BCUT2D eigenvalue weighted by atomic mass is 32.1. The lowest BCUT2D eigenvalue weighted by molar-refractivity contribution is -0.126. The molecule has 0 radical (unpaired) electrons. The minimum absolute atomic E-state index is 0.183. The smallest absolute Gasteiger partial charge is 0.393 e. The van der Waals surface area contributed by atoms with Crippen LogP contribution in [-0.2, 0) is 11.0 Å². The number of piperidine rings is 1. The van der Waals surface area contributed by atoms with E-state index in [1.807, 2.05) is 0 Å². The second-order valence-corrected chi connectivity index (χ2v) is 14.1. The minimum Gasteiger partial charge on any atom is -0.495 e. The molecule has 2 N–H and O–H groups in total. The maximum absolute atomic E-state index is 13.5. The Morgan fingerprint density at radius 1 is 1.24 bits per heavy atom. The molecule has 2 aromatic heterocycles. The summed E-state index contributed by atoms with van der Waals surface area (Å²) in [6, 6.07) is 7.15. The third-order valence-electron chi connectivity index (χ3n) is 6.52. The third-order valence-corrected chi connectivity index (χ3v) is 9.21. The second-order valence-electron chi connectivity index (χ2n) is 9.85. The molecule has 0 aliphatic carbocycles. The van der Waals surface area contributed by atoms with E-state index in [2.05, 4.69) is 39.4 Å². The normalized spacial score (nSPS) is 15.2. The third kappa shape index (κ3) is 7.02. The highest BCUT2D eigenvalue weighted by molar-refractivity contribution is 7.70. The van der Waals surface area contributed by atoms with Gasteiger partial charge in [0.05, 0.1) is 35.3 Å². The summed E-state index contributed by atoms with van der Waals surface area (Å²) < 4.78 is 59.1. The van der Waals surface area contributed by atoms with Gasteiger partial charge in [0.15, 0.2) is 0 Å². The van der Waals surface area contributed by atoms with Gasteiger partial charge in [-0.25, -0.2) is 4.98 Å². The van der Waals surface area contributed by atoms with E-state index in [0.29, 0.717) is 37.5 Å². The Hall–Kier alpha value is -2.73. The predicted octanol–water partition coefficient (Wildman–Crippen LogP) is 5.63. The van der Waals surface area contributed by atoms with Crippen LogP contribution in [0.25, 0.3) is 10.1 Å². The summed E-state index contributed by atoms with van der Waals surface area (Å²) in [4.78, 5) is 7.11. The molecule has 0 spiro atoms. The number of thiophene rings is 1. The summed E-state index contributed by atoms with van der Waals surface area (Å²) in [5.74, 6) is 7.08. The summed E-state index contributed by atoms with van der Waals surface area (Å²) in [5.41, 5.74) is 0.849. The van der Waals surface area contributed by atoms with Crippen molar-refractivity contribution in [1.29, 1.82) is 0 Å². The van der Waals surface area contributed by atoms with Crippen LogP contribution in [0.4, 0.5) is 24.7 Å². The second kappa shape index (κ2) is 11.6. The van der Waals surface area contributed by atoms with E-state index in [0.717, 1.165) is 25.9 Å². The zero-order chi connectivity index (χ0) is 27.5. The summed E-state index contributed by atoms with van der Waals surface area (Å²) in [5, 5.41) is 7.85. The molecule has 0 bridgehead atoms. The van der Waals surface area contributed by atoms with Crippen molar-refractivity contribution in [3.05, 3.63) is 40.9 Å². The van der Waals surface area contributed by atoms with E-state index < -0.39 is 19.7 Å². The summed E-state index contributed by atoms with van der Waals surface area (Å²) in [6.07, 6.45) is -1.95. The standard InChI is InChI=1S/C27H32F3N4O2PS/c1-34-14-10-18(11-15-34)33-26-25-20(9-13-32-26)21(17-27(28,29)30)24(38-25)6-5-12-31-22-8-7-19(37(3,4)35)16-23(22)36-2/h7-9,13,16,18,31H,10-12,14-15,17H2,1-4H3,(H,32,33). The van der Waals surface area contributed by atoms with Crippen molar-refractivity contribution in [2.45, 2.75) is 31.5 Å². The van der Waals surface area contributed by atoms with Crippen molar-refractivity contribution in [3.63, 3.8) is 0 Å². The Kier molecular flexibility index (Phi) is 8.61. The van der Waals surface area contributed by atoms with Crippen molar-refractivity contribution >= 4 is 45.4 Å². The molecule has 0 atom stereocenters. The van der Waals surface area contributed by atoms with E-state index in [1.54, 1.807) is 43.8 Å². The van der Waals surface area contributed by atoms with Gasteiger partial charge < -0.3 is 24.8 Å². The number of anilines is 2. The topological polar surface area (TPSA) is 66.5 Å². The van der Waals surface area contributed by atoms with Gasteiger partial charge in [0, 0.05) is 22.9 Å². The lowest BCUT2D eigenvalue weighted by Gasteiger charge is -2.29. The zero-order valence-electron chi connectivity index (χ0n) is 21.9. The summed E-state index contributed by atoms with van der Waals surface area (Å²) in [6.45, 7) is 5.50. The molecule has 1 aliphatic rings. The molecule has 6 nitrogen and oxygen atoms in total. The maximum Gasteiger partial charge on any atom is 0.393 e. The number of pyridine rings is 1.